The molecule has 1 aromatic rings. The third kappa shape index (κ3) is 4.69. The fourth-order valence-electron chi connectivity index (χ4n) is 5.55. The van der Waals surface area contributed by atoms with E-state index >= 15 is 0 Å². The molecule has 0 aromatic heterocycles. The van der Waals surface area contributed by atoms with Crippen molar-refractivity contribution in [3.63, 3.8) is 0 Å². The van der Waals surface area contributed by atoms with Crippen molar-refractivity contribution in [3.8, 4) is 0 Å². The van der Waals surface area contributed by atoms with E-state index < -0.39 is 10.0 Å². The van der Waals surface area contributed by atoms with Crippen molar-refractivity contribution < 1.29 is 13.2 Å². The second-order valence-electron chi connectivity index (χ2n) is 9.87. The van der Waals surface area contributed by atoms with Gasteiger partial charge in [-0.3, -0.25) is 4.79 Å². The van der Waals surface area contributed by atoms with Crippen molar-refractivity contribution in [1.82, 2.24) is 14.5 Å². The van der Waals surface area contributed by atoms with E-state index in [0.29, 0.717) is 30.8 Å². The second kappa shape index (κ2) is 8.83. The number of nitrogens with one attached hydrogen (secondary N) is 1. The van der Waals surface area contributed by atoms with Crippen LogP contribution in [0.15, 0.2) is 23.1 Å². The summed E-state index contributed by atoms with van der Waals surface area (Å²) in [5.41, 5.74) is 2.48. The van der Waals surface area contributed by atoms with E-state index in [1.807, 2.05) is 12.1 Å². The molecular weight excluding hydrogens is 410 g/mol. The van der Waals surface area contributed by atoms with Crippen molar-refractivity contribution in [1.29, 1.82) is 0 Å². The molecule has 3 fully saturated rings. The third-order valence-electron chi connectivity index (χ3n) is 7.72. The summed E-state index contributed by atoms with van der Waals surface area (Å²) in [7, 11) is -3.48. The van der Waals surface area contributed by atoms with Crippen LogP contribution in [0.3, 0.4) is 0 Å². The van der Waals surface area contributed by atoms with Crippen LogP contribution in [0.25, 0.3) is 0 Å². The topological polar surface area (TPSA) is 69.7 Å². The Hall–Kier alpha value is -1.44. The minimum absolute atomic E-state index is 0.0727. The molecule has 6 nitrogen and oxygen atoms in total. The molecule has 170 valence electrons. The number of likely N-dealkylation sites (tertiary alicyclic amines) is 1. The highest BCUT2D eigenvalue weighted by Gasteiger charge is 2.35. The summed E-state index contributed by atoms with van der Waals surface area (Å²) in [5, 5.41) is 3.25. The molecule has 5 rings (SSSR count). The Balaban J connectivity index is 1.14. The molecule has 0 atom stereocenters. The van der Waals surface area contributed by atoms with Gasteiger partial charge in [-0.2, -0.15) is 4.31 Å². The maximum absolute atomic E-state index is 13.2. The maximum atomic E-state index is 13.2. The van der Waals surface area contributed by atoms with Gasteiger partial charge in [-0.05, 0) is 87.5 Å². The first kappa shape index (κ1) is 21.4. The number of carbonyl (C=O) groups excluding carboxylic acids is 1. The largest absolute Gasteiger partial charge is 0.353 e. The number of hydrogen-bond acceptors (Lipinski definition) is 4. The monoisotopic (exact) mass is 445 g/mol. The minimum Gasteiger partial charge on any atom is -0.353 e. The average molecular weight is 446 g/mol. The zero-order valence-electron chi connectivity index (χ0n) is 18.4. The summed E-state index contributed by atoms with van der Waals surface area (Å²) in [4.78, 5) is 15.8. The van der Waals surface area contributed by atoms with Crippen LogP contribution in [0, 0.1) is 5.92 Å². The first-order valence-electron chi connectivity index (χ1n) is 12.2. The number of benzene rings is 1. The van der Waals surface area contributed by atoms with E-state index in [9.17, 15) is 13.2 Å². The van der Waals surface area contributed by atoms with Gasteiger partial charge >= 0.3 is 0 Å². The number of amides is 1. The number of piperidine rings is 2. The molecule has 0 unspecified atom stereocenters. The van der Waals surface area contributed by atoms with Crippen LogP contribution in [-0.2, 0) is 27.7 Å². The predicted molar refractivity (Wildman–Crippen MR) is 120 cm³/mol. The molecule has 2 aliphatic carbocycles. The minimum atomic E-state index is -3.48. The second-order valence-corrected chi connectivity index (χ2v) is 11.8. The first-order valence-corrected chi connectivity index (χ1v) is 13.6. The number of rotatable bonds is 5. The molecule has 2 aliphatic heterocycles. The highest BCUT2D eigenvalue weighted by Crippen LogP contribution is 2.30. The summed E-state index contributed by atoms with van der Waals surface area (Å²) in [6, 6.07) is 6.73. The van der Waals surface area contributed by atoms with Gasteiger partial charge in [0.25, 0.3) is 0 Å². The SMILES string of the molecule is O=C(NC1CCN(C2CC2)CC1)C1CCN(S(=O)(=O)c2ccc3c(c2)CCCC3)CC1. The van der Waals surface area contributed by atoms with E-state index in [2.05, 4.69) is 10.2 Å². The van der Waals surface area contributed by atoms with Crippen molar-refractivity contribution in [3.05, 3.63) is 29.3 Å². The van der Waals surface area contributed by atoms with Gasteiger partial charge in [0.1, 0.15) is 0 Å². The quantitative estimate of drug-likeness (QED) is 0.757. The number of hydrogen-bond donors (Lipinski definition) is 1. The number of carbonyl (C=O) groups is 1. The highest BCUT2D eigenvalue weighted by molar-refractivity contribution is 7.89. The molecular formula is C24H35N3O3S. The molecule has 1 saturated carbocycles. The van der Waals surface area contributed by atoms with E-state index in [0.717, 1.165) is 51.2 Å². The Morgan fingerprint density at radius 2 is 1.55 bits per heavy atom. The maximum Gasteiger partial charge on any atom is 0.243 e. The van der Waals surface area contributed by atoms with Gasteiger partial charge in [0, 0.05) is 44.2 Å². The zero-order valence-corrected chi connectivity index (χ0v) is 19.2. The van der Waals surface area contributed by atoms with Crippen LogP contribution in [0.2, 0.25) is 0 Å². The molecule has 0 spiro atoms. The lowest BCUT2D eigenvalue weighted by molar-refractivity contribution is -0.127. The molecule has 4 aliphatic rings. The summed E-state index contributed by atoms with van der Waals surface area (Å²) in [6.07, 6.45) is 10.3. The van der Waals surface area contributed by atoms with Gasteiger partial charge in [-0.15, -0.1) is 0 Å². The standard InChI is InChI=1S/C24H35N3O3S/c28-24(25-21-11-13-26(14-12-21)22-6-7-22)19-9-15-27(16-10-19)31(29,30)23-8-5-18-3-1-2-4-20(18)17-23/h5,8,17,19,21-22H,1-4,6-7,9-16H2,(H,25,28). The third-order valence-corrected chi connectivity index (χ3v) is 9.62. The molecule has 0 bridgehead atoms. The van der Waals surface area contributed by atoms with Crippen LogP contribution in [0.5, 0.6) is 0 Å². The van der Waals surface area contributed by atoms with Crippen LogP contribution in [0.1, 0.15) is 62.5 Å². The average Bonchev–Trinajstić information content (AvgIpc) is 3.65. The van der Waals surface area contributed by atoms with Crippen molar-refractivity contribution in [2.24, 2.45) is 5.92 Å². The molecule has 1 amide bonds. The summed E-state index contributed by atoms with van der Waals surface area (Å²) < 4.78 is 27.9. The first-order chi connectivity index (χ1) is 15.0. The summed E-state index contributed by atoms with van der Waals surface area (Å²) in [6.45, 7) is 3.04. The Labute approximate surface area is 186 Å². The van der Waals surface area contributed by atoms with Gasteiger partial charge in [-0.25, -0.2) is 8.42 Å². The molecule has 1 aromatic carbocycles. The Kier molecular flexibility index (Phi) is 6.10. The van der Waals surface area contributed by atoms with Crippen LogP contribution >= 0.6 is 0 Å². The number of nitrogens with zero attached hydrogens (tertiary/aromatic N) is 2. The van der Waals surface area contributed by atoms with Crippen LogP contribution < -0.4 is 5.32 Å². The smallest absolute Gasteiger partial charge is 0.243 e. The van der Waals surface area contributed by atoms with Crippen LogP contribution in [-0.4, -0.2) is 61.8 Å². The normalized spacial score (nSPS) is 24.6. The Bertz CT molecular complexity index is 912. The Morgan fingerprint density at radius 3 is 2.23 bits per heavy atom. The van der Waals surface area contributed by atoms with E-state index in [1.165, 1.54) is 30.4 Å². The molecule has 7 heteroatoms. The van der Waals surface area contributed by atoms with Crippen molar-refractivity contribution in [2.45, 2.75) is 81.2 Å². The highest BCUT2D eigenvalue weighted by atomic mass is 32.2. The predicted octanol–water partition coefficient (Wildman–Crippen LogP) is 2.71. The molecule has 2 heterocycles. The van der Waals surface area contributed by atoms with Crippen molar-refractivity contribution >= 4 is 15.9 Å². The van der Waals surface area contributed by atoms with Gasteiger partial charge in [0.2, 0.25) is 15.9 Å². The lowest BCUT2D eigenvalue weighted by atomic mass is 9.92. The fourth-order valence-corrected chi connectivity index (χ4v) is 7.07. The number of aryl methyl sites for hydroxylation is 2. The van der Waals surface area contributed by atoms with E-state index in [-0.39, 0.29) is 17.9 Å². The number of fused-ring (bicyclic) bond motifs is 1. The molecule has 1 N–H and O–H groups in total. The van der Waals surface area contributed by atoms with E-state index in [1.54, 1.807) is 10.4 Å². The Morgan fingerprint density at radius 1 is 0.871 bits per heavy atom. The van der Waals surface area contributed by atoms with Gasteiger partial charge < -0.3 is 10.2 Å². The number of sulfonamides is 1. The molecule has 31 heavy (non-hydrogen) atoms. The summed E-state index contributed by atoms with van der Waals surface area (Å²) >= 11 is 0. The zero-order chi connectivity index (χ0) is 21.4. The van der Waals surface area contributed by atoms with Crippen molar-refractivity contribution in [2.75, 3.05) is 26.2 Å². The van der Waals surface area contributed by atoms with Gasteiger partial charge in [-0.1, -0.05) is 6.07 Å². The van der Waals surface area contributed by atoms with Gasteiger partial charge in [0.15, 0.2) is 0 Å². The fraction of sp³-hybridized carbons (Fsp3) is 0.708. The van der Waals surface area contributed by atoms with Crippen LogP contribution in [0.4, 0.5) is 0 Å². The van der Waals surface area contributed by atoms with E-state index in [4.69, 9.17) is 0 Å². The lowest BCUT2D eigenvalue weighted by Gasteiger charge is -2.35. The summed E-state index contributed by atoms with van der Waals surface area (Å²) in [5.74, 6) is 0.0483. The van der Waals surface area contributed by atoms with Gasteiger partial charge in [0.05, 0.1) is 4.90 Å². The molecule has 0 radical (unpaired) electrons. The molecule has 2 saturated heterocycles. The lowest BCUT2D eigenvalue weighted by Crippen LogP contribution is -2.49.